The molecule has 3 heterocycles. The van der Waals surface area contributed by atoms with Crippen molar-refractivity contribution < 1.29 is 0 Å². The minimum atomic E-state index is 0.508. The van der Waals surface area contributed by atoms with Gasteiger partial charge in [0.15, 0.2) is 0 Å². The van der Waals surface area contributed by atoms with E-state index in [9.17, 15) is 5.26 Å². The van der Waals surface area contributed by atoms with Gasteiger partial charge in [0.05, 0.1) is 16.8 Å². The van der Waals surface area contributed by atoms with Crippen LogP contribution in [-0.4, -0.2) is 23.1 Å². The van der Waals surface area contributed by atoms with Gasteiger partial charge in [0, 0.05) is 42.4 Å². The third kappa shape index (κ3) is 3.29. The van der Waals surface area contributed by atoms with E-state index in [1.165, 1.54) is 12.8 Å². The number of fused-ring (bicyclic) bond motifs is 1. The Labute approximate surface area is 157 Å². The molecule has 1 saturated heterocycles. The zero-order chi connectivity index (χ0) is 17.9. The van der Waals surface area contributed by atoms with Crippen molar-refractivity contribution in [3.8, 4) is 6.07 Å². The lowest BCUT2D eigenvalue weighted by Gasteiger charge is -2.17. The highest BCUT2D eigenvalue weighted by atomic mass is 35.5. The van der Waals surface area contributed by atoms with Gasteiger partial charge in [-0.15, -0.1) is 0 Å². The van der Waals surface area contributed by atoms with Crippen molar-refractivity contribution in [1.29, 1.82) is 5.26 Å². The smallest absolute Gasteiger partial charge is 0.128 e. The number of anilines is 2. The van der Waals surface area contributed by atoms with Crippen molar-refractivity contribution in [2.45, 2.75) is 19.4 Å². The molecule has 0 radical (unpaired) electrons. The molecule has 130 valence electrons. The van der Waals surface area contributed by atoms with E-state index in [0.717, 1.165) is 41.1 Å². The molecule has 1 aromatic carbocycles. The number of hydrogen-bond donors (Lipinski definition) is 1. The van der Waals surface area contributed by atoms with Gasteiger partial charge in [-0.2, -0.15) is 5.26 Å². The zero-order valence-electron chi connectivity index (χ0n) is 14.2. The van der Waals surface area contributed by atoms with E-state index in [0.29, 0.717) is 17.1 Å². The van der Waals surface area contributed by atoms with Crippen LogP contribution in [0.3, 0.4) is 0 Å². The van der Waals surface area contributed by atoms with Crippen LogP contribution in [0, 0.1) is 11.3 Å². The molecule has 0 bridgehead atoms. The van der Waals surface area contributed by atoms with E-state index in [1.54, 1.807) is 12.3 Å². The molecule has 6 heteroatoms. The van der Waals surface area contributed by atoms with Gasteiger partial charge >= 0.3 is 0 Å². The summed E-state index contributed by atoms with van der Waals surface area (Å²) in [5.41, 5.74) is 3.20. The molecule has 1 N–H and O–H groups in total. The molecule has 26 heavy (non-hydrogen) atoms. The number of nitriles is 1. The molecule has 5 nitrogen and oxygen atoms in total. The van der Waals surface area contributed by atoms with Crippen LogP contribution in [0.2, 0.25) is 5.02 Å². The molecule has 0 amide bonds. The van der Waals surface area contributed by atoms with Crippen LogP contribution in [-0.2, 0) is 6.54 Å². The summed E-state index contributed by atoms with van der Waals surface area (Å²) < 4.78 is 0. The Morgan fingerprint density at radius 1 is 1.15 bits per heavy atom. The predicted molar refractivity (Wildman–Crippen MR) is 104 cm³/mol. The summed E-state index contributed by atoms with van der Waals surface area (Å²) in [7, 11) is 0. The molecule has 0 saturated carbocycles. The van der Waals surface area contributed by atoms with Crippen LogP contribution in [0.1, 0.15) is 24.0 Å². The summed E-state index contributed by atoms with van der Waals surface area (Å²) in [6, 6.07) is 11.8. The Bertz CT molecular complexity index is 989. The molecule has 0 spiro atoms. The number of pyridine rings is 2. The Kier molecular flexibility index (Phi) is 4.59. The fourth-order valence-electron chi connectivity index (χ4n) is 3.32. The Hall–Kier alpha value is -2.84. The van der Waals surface area contributed by atoms with Gasteiger partial charge in [-0.3, -0.25) is 4.98 Å². The Morgan fingerprint density at radius 2 is 2.00 bits per heavy atom. The average Bonchev–Trinajstić information content (AvgIpc) is 3.21. The second-order valence-electron chi connectivity index (χ2n) is 6.39. The molecule has 4 rings (SSSR count). The molecule has 2 aromatic heterocycles. The lowest BCUT2D eigenvalue weighted by atomic mass is 10.1. The molecular weight excluding hydrogens is 346 g/mol. The van der Waals surface area contributed by atoms with E-state index < -0.39 is 0 Å². The minimum absolute atomic E-state index is 0.508. The molecular formula is C20H18ClN5. The van der Waals surface area contributed by atoms with Crippen LogP contribution in [0.4, 0.5) is 11.5 Å². The van der Waals surface area contributed by atoms with Gasteiger partial charge in [-0.25, -0.2) is 4.98 Å². The SMILES string of the molecule is N#Cc1cnc2ccc(Cl)cc2c1NCc1ccnc(N2CCCC2)c1. The zero-order valence-corrected chi connectivity index (χ0v) is 15.0. The van der Waals surface area contributed by atoms with Gasteiger partial charge in [0.25, 0.3) is 0 Å². The standard InChI is InChI=1S/C20H18ClN5/c21-16-3-4-18-17(10-16)20(15(11-22)13-24-18)25-12-14-5-6-23-19(9-14)26-7-1-2-8-26/h3-6,9-10,13H,1-2,7-8,12H2,(H,24,25). The summed E-state index contributed by atoms with van der Waals surface area (Å²) in [4.78, 5) is 11.1. The average molecular weight is 364 g/mol. The molecule has 3 aromatic rings. The van der Waals surface area contributed by atoms with E-state index in [4.69, 9.17) is 11.6 Å². The second-order valence-corrected chi connectivity index (χ2v) is 6.83. The number of nitrogens with one attached hydrogen (secondary N) is 1. The normalized spacial score (nSPS) is 13.8. The first-order chi connectivity index (χ1) is 12.7. The number of benzene rings is 1. The summed E-state index contributed by atoms with van der Waals surface area (Å²) in [6.45, 7) is 2.73. The van der Waals surface area contributed by atoms with Crippen LogP contribution >= 0.6 is 11.6 Å². The van der Waals surface area contributed by atoms with E-state index in [-0.39, 0.29) is 0 Å². The van der Waals surface area contributed by atoms with Gasteiger partial charge in [0.2, 0.25) is 0 Å². The Balaban J connectivity index is 1.63. The summed E-state index contributed by atoms with van der Waals surface area (Å²) in [6.07, 6.45) is 5.89. The van der Waals surface area contributed by atoms with Crippen molar-refractivity contribution in [3.05, 3.63) is 58.9 Å². The molecule has 1 fully saturated rings. The van der Waals surface area contributed by atoms with Gasteiger partial charge < -0.3 is 10.2 Å². The van der Waals surface area contributed by atoms with Crippen molar-refractivity contribution in [2.24, 2.45) is 0 Å². The van der Waals surface area contributed by atoms with Gasteiger partial charge in [-0.1, -0.05) is 11.6 Å². The maximum Gasteiger partial charge on any atom is 0.128 e. The summed E-state index contributed by atoms with van der Waals surface area (Å²) in [5, 5.41) is 14.3. The second kappa shape index (κ2) is 7.19. The van der Waals surface area contributed by atoms with Crippen molar-refractivity contribution in [3.63, 3.8) is 0 Å². The quantitative estimate of drug-likeness (QED) is 0.745. The maximum atomic E-state index is 9.45. The minimum Gasteiger partial charge on any atom is -0.379 e. The van der Waals surface area contributed by atoms with Crippen LogP contribution < -0.4 is 10.2 Å². The Morgan fingerprint density at radius 3 is 2.81 bits per heavy atom. The largest absolute Gasteiger partial charge is 0.379 e. The number of halogens is 1. The van der Waals surface area contributed by atoms with Crippen molar-refractivity contribution in [1.82, 2.24) is 9.97 Å². The summed E-state index contributed by atoms with van der Waals surface area (Å²) >= 11 is 6.14. The predicted octanol–water partition coefficient (Wildman–Crippen LogP) is 4.37. The highest BCUT2D eigenvalue weighted by Crippen LogP contribution is 2.29. The molecule has 1 aliphatic rings. The third-order valence-electron chi connectivity index (χ3n) is 4.66. The molecule has 0 aliphatic carbocycles. The first-order valence-corrected chi connectivity index (χ1v) is 9.04. The van der Waals surface area contributed by atoms with E-state index in [2.05, 4.69) is 32.3 Å². The number of aromatic nitrogens is 2. The van der Waals surface area contributed by atoms with Crippen molar-refractivity contribution >= 4 is 34.0 Å². The monoisotopic (exact) mass is 363 g/mol. The van der Waals surface area contributed by atoms with Crippen LogP contribution in [0.5, 0.6) is 0 Å². The van der Waals surface area contributed by atoms with E-state index in [1.807, 2.05) is 24.4 Å². The fourth-order valence-corrected chi connectivity index (χ4v) is 3.49. The first-order valence-electron chi connectivity index (χ1n) is 8.67. The van der Waals surface area contributed by atoms with Crippen LogP contribution in [0.15, 0.2) is 42.7 Å². The highest BCUT2D eigenvalue weighted by Gasteiger charge is 2.14. The first kappa shape index (κ1) is 16.6. The highest BCUT2D eigenvalue weighted by molar-refractivity contribution is 6.31. The van der Waals surface area contributed by atoms with Crippen molar-refractivity contribution in [2.75, 3.05) is 23.3 Å². The lowest BCUT2D eigenvalue weighted by molar-refractivity contribution is 0.931. The number of nitrogens with zero attached hydrogens (tertiary/aromatic N) is 4. The van der Waals surface area contributed by atoms with E-state index >= 15 is 0 Å². The maximum absolute atomic E-state index is 9.45. The third-order valence-corrected chi connectivity index (χ3v) is 4.89. The number of hydrogen-bond acceptors (Lipinski definition) is 5. The molecule has 1 aliphatic heterocycles. The van der Waals surface area contributed by atoms with Crippen LogP contribution in [0.25, 0.3) is 10.9 Å². The van der Waals surface area contributed by atoms with Gasteiger partial charge in [0.1, 0.15) is 11.9 Å². The summed E-state index contributed by atoms with van der Waals surface area (Å²) in [5.74, 6) is 1.02. The topological polar surface area (TPSA) is 64.8 Å². The van der Waals surface area contributed by atoms with Gasteiger partial charge in [-0.05, 0) is 48.7 Å². The molecule has 0 unspecified atom stereocenters. The molecule has 0 atom stereocenters. The lowest BCUT2D eigenvalue weighted by Crippen LogP contribution is -2.19. The fraction of sp³-hybridized carbons (Fsp3) is 0.250. The number of rotatable bonds is 4.